The van der Waals surface area contributed by atoms with Crippen molar-refractivity contribution < 1.29 is 18.0 Å². The van der Waals surface area contributed by atoms with Crippen molar-refractivity contribution in [3.63, 3.8) is 0 Å². The van der Waals surface area contributed by atoms with Gasteiger partial charge in [-0.15, -0.1) is 0 Å². The van der Waals surface area contributed by atoms with E-state index >= 15 is 0 Å². The number of carbonyl (C=O) groups excluding carboxylic acids is 1. The molecule has 0 fully saturated rings. The minimum absolute atomic E-state index is 0.218. The van der Waals surface area contributed by atoms with Gasteiger partial charge in [-0.25, -0.2) is 0 Å². The van der Waals surface area contributed by atoms with Gasteiger partial charge >= 0.3 is 6.18 Å². The van der Waals surface area contributed by atoms with E-state index in [1.807, 2.05) is 0 Å². The fraction of sp³-hybridized carbons (Fsp3) is 0.364. The summed E-state index contributed by atoms with van der Waals surface area (Å²) < 4.78 is 36.2. The van der Waals surface area contributed by atoms with Gasteiger partial charge in [0.05, 0.1) is 6.42 Å². The van der Waals surface area contributed by atoms with Crippen LogP contribution < -0.4 is 4.90 Å². The Labute approximate surface area is 102 Å². The van der Waals surface area contributed by atoms with E-state index in [0.717, 1.165) is 0 Å². The summed E-state index contributed by atoms with van der Waals surface area (Å²) in [6.45, 7) is -0.218. The highest BCUT2D eigenvalue weighted by atomic mass is 35.5. The molecule has 17 heavy (non-hydrogen) atoms. The molecule has 0 saturated heterocycles. The highest BCUT2D eigenvalue weighted by Gasteiger charge is 2.27. The summed E-state index contributed by atoms with van der Waals surface area (Å²) >= 11 is 5.74. The Balaban J connectivity index is 2.84. The zero-order valence-electron chi connectivity index (χ0n) is 9.09. The van der Waals surface area contributed by atoms with Crippen molar-refractivity contribution >= 4 is 23.6 Å². The third kappa shape index (κ3) is 4.26. The van der Waals surface area contributed by atoms with Crippen LogP contribution in [-0.2, 0) is 0 Å². The average Bonchev–Trinajstić information content (AvgIpc) is 2.25. The second kappa shape index (κ2) is 5.40. The summed E-state index contributed by atoms with van der Waals surface area (Å²) in [6.07, 6.45) is -4.56. The summed E-state index contributed by atoms with van der Waals surface area (Å²) in [6, 6.07) is 4.48. The smallest absolute Gasteiger partial charge is 0.374 e. The van der Waals surface area contributed by atoms with E-state index in [1.165, 1.54) is 30.1 Å². The molecule has 1 aromatic rings. The molecule has 0 aliphatic rings. The molecule has 0 spiro atoms. The van der Waals surface area contributed by atoms with Crippen molar-refractivity contribution in [2.75, 3.05) is 18.5 Å². The van der Waals surface area contributed by atoms with E-state index in [1.54, 1.807) is 0 Å². The molecule has 0 heterocycles. The first-order valence-electron chi connectivity index (χ1n) is 4.86. The summed E-state index contributed by atoms with van der Waals surface area (Å²) in [5.41, 5.74) is 0.718. The average molecular weight is 266 g/mol. The second-order valence-corrected chi connectivity index (χ2v) is 4.04. The molecule has 0 aliphatic carbocycles. The van der Waals surface area contributed by atoms with Crippen LogP contribution in [0.5, 0.6) is 0 Å². The van der Waals surface area contributed by atoms with Gasteiger partial charge in [0, 0.05) is 29.9 Å². The van der Waals surface area contributed by atoms with Gasteiger partial charge in [-0.05, 0) is 18.2 Å². The van der Waals surface area contributed by atoms with Crippen LogP contribution in [0.25, 0.3) is 0 Å². The Morgan fingerprint density at radius 3 is 2.59 bits per heavy atom. The molecule has 2 nitrogen and oxygen atoms in total. The van der Waals surface area contributed by atoms with Gasteiger partial charge in [0.1, 0.15) is 0 Å². The van der Waals surface area contributed by atoms with Gasteiger partial charge in [0.25, 0.3) is 0 Å². The number of benzene rings is 1. The standard InChI is InChI=1S/C11H11ClF3NO/c1-16(5-4-11(13,14)15)10-6-9(12)3-2-8(10)7-17/h2-3,6-7H,4-5H2,1H3. The van der Waals surface area contributed by atoms with Crippen LogP contribution >= 0.6 is 11.6 Å². The lowest BCUT2D eigenvalue weighted by molar-refractivity contribution is -0.132. The summed E-state index contributed by atoms with van der Waals surface area (Å²) in [7, 11) is 1.49. The van der Waals surface area contributed by atoms with Crippen molar-refractivity contribution in [3.8, 4) is 0 Å². The van der Waals surface area contributed by atoms with Gasteiger partial charge in [0.2, 0.25) is 0 Å². The maximum absolute atomic E-state index is 12.1. The first kappa shape index (κ1) is 13.8. The normalized spacial score (nSPS) is 11.4. The molecule has 0 amide bonds. The predicted octanol–water partition coefficient (Wildman–Crippen LogP) is 3.54. The van der Waals surface area contributed by atoms with Crippen LogP contribution in [0, 0.1) is 0 Å². The number of nitrogens with zero attached hydrogens (tertiary/aromatic N) is 1. The first-order chi connectivity index (χ1) is 7.83. The number of carbonyl (C=O) groups is 1. The number of hydrogen-bond donors (Lipinski definition) is 0. The van der Waals surface area contributed by atoms with E-state index in [9.17, 15) is 18.0 Å². The highest BCUT2D eigenvalue weighted by molar-refractivity contribution is 6.31. The van der Waals surface area contributed by atoms with Crippen molar-refractivity contribution in [1.82, 2.24) is 0 Å². The number of halogens is 4. The van der Waals surface area contributed by atoms with Gasteiger partial charge < -0.3 is 4.90 Å². The van der Waals surface area contributed by atoms with Crippen LogP contribution in [0.4, 0.5) is 18.9 Å². The minimum atomic E-state index is -4.21. The fourth-order valence-electron chi connectivity index (χ4n) is 1.36. The molecule has 0 radical (unpaired) electrons. The fourth-order valence-corrected chi connectivity index (χ4v) is 1.53. The third-order valence-corrected chi connectivity index (χ3v) is 2.50. The lowest BCUT2D eigenvalue weighted by Crippen LogP contribution is -2.24. The topological polar surface area (TPSA) is 20.3 Å². The molecule has 0 aliphatic heterocycles. The molecule has 0 saturated carbocycles. The SMILES string of the molecule is CN(CCC(F)(F)F)c1cc(Cl)ccc1C=O. The van der Waals surface area contributed by atoms with Gasteiger partial charge in [0.15, 0.2) is 6.29 Å². The van der Waals surface area contributed by atoms with Crippen LogP contribution in [-0.4, -0.2) is 26.1 Å². The summed E-state index contributed by atoms with van der Waals surface area (Å²) in [5.74, 6) is 0. The number of hydrogen-bond acceptors (Lipinski definition) is 2. The van der Waals surface area contributed by atoms with Gasteiger partial charge in [-0.3, -0.25) is 4.79 Å². The highest BCUT2D eigenvalue weighted by Crippen LogP contribution is 2.25. The van der Waals surface area contributed by atoms with E-state index < -0.39 is 12.6 Å². The van der Waals surface area contributed by atoms with Crippen LogP contribution in [0.2, 0.25) is 5.02 Å². The van der Waals surface area contributed by atoms with E-state index in [2.05, 4.69) is 0 Å². The Hall–Kier alpha value is -1.23. The Kier molecular flexibility index (Phi) is 4.40. The Bertz CT molecular complexity index is 406. The van der Waals surface area contributed by atoms with E-state index in [4.69, 9.17) is 11.6 Å². The lowest BCUT2D eigenvalue weighted by Gasteiger charge is -2.21. The molecule has 0 aromatic heterocycles. The van der Waals surface area contributed by atoms with E-state index in [-0.39, 0.29) is 6.54 Å². The molecule has 0 N–H and O–H groups in total. The molecule has 0 bridgehead atoms. The molecule has 0 atom stereocenters. The molecule has 1 rings (SSSR count). The lowest BCUT2D eigenvalue weighted by atomic mass is 10.1. The summed E-state index contributed by atoms with van der Waals surface area (Å²) in [4.78, 5) is 12.1. The van der Waals surface area contributed by atoms with Crippen molar-refractivity contribution in [1.29, 1.82) is 0 Å². The van der Waals surface area contributed by atoms with Crippen molar-refractivity contribution in [2.45, 2.75) is 12.6 Å². The molecule has 1 aromatic carbocycles. The molecule has 6 heteroatoms. The Morgan fingerprint density at radius 1 is 1.41 bits per heavy atom. The monoisotopic (exact) mass is 265 g/mol. The molecule has 94 valence electrons. The zero-order chi connectivity index (χ0) is 13.1. The number of anilines is 1. The molecule has 0 unspecified atom stereocenters. The Morgan fingerprint density at radius 2 is 2.06 bits per heavy atom. The van der Waals surface area contributed by atoms with Crippen molar-refractivity contribution in [3.05, 3.63) is 28.8 Å². The third-order valence-electron chi connectivity index (χ3n) is 2.26. The maximum atomic E-state index is 12.1. The minimum Gasteiger partial charge on any atom is -0.374 e. The van der Waals surface area contributed by atoms with Crippen LogP contribution in [0.15, 0.2) is 18.2 Å². The maximum Gasteiger partial charge on any atom is 0.390 e. The quantitative estimate of drug-likeness (QED) is 0.776. The number of aldehydes is 1. The van der Waals surface area contributed by atoms with E-state index in [0.29, 0.717) is 22.6 Å². The van der Waals surface area contributed by atoms with Crippen molar-refractivity contribution in [2.24, 2.45) is 0 Å². The molecular formula is C11H11ClF3NO. The number of rotatable bonds is 4. The number of alkyl halides is 3. The van der Waals surface area contributed by atoms with Gasteiger partial charge in [-0.2, -0.15) is 13.2 Å². The zero-order valence-corrected chi connectivity index (χ0v) is 9.85. The predicted molar refractivity (Wildman–Crippen MR) is 60.8 cm³/mol. The van der Waals surface area contributed by atoms with Gasteiger partial charge in [-0.1, -0.05) is 11.6 Å². The molecular weight excluding hydrogens is 255 g/mol. The largest absolute Gasteiger partial charge is 0.390 e. The first-order valence-corrected chi connectivity index (χ1v) is 5.24. The second-order valence-electron chi connectivity index (χ2n) is 3.61. The van der Waals surface area contributed by atoms with Crippen LogP contribution in [0.3, 0.4) is 0 Å². The summed E-state index contributed by atoms with van der Waals surface area (Å²) in [5, 5.41) is 0.379. The van der Waals surface area contributed by atoms with Crippen LogP contribution in [0.1, 0.15) is 16.8 Å².